The van der Waals surface area contributed by atoms with Crippen molar-refractivity contribution < 1.29 is 14.3 Å². The molecule has 0 aromatic heterocycles. The molecular formula is C20H25BrO3. The number of epoxide rings is 1. The summed E-state index contributed by atoms with van der Waals surface area (Å²) in [7, 11) is 0. The Morgan fingerprint density at radius 3 is 2.58 bits per heavy atom. The maximum Gasteiger partial charge on any atom is 0.201 e. The Morgan fingerprint density at radius 1 is 1.21 bits per heavy atom. The SMILES string of the molecule is CCc1cc(Br)ccc1C1O[C@]12C(=O)C(C)(C)OC21CCCCC1. The zero-order valence-electron chi connectivity index (χ0n) is 14.7. The van der Waals surface area contributed by atoms with Crippen molar-refractivity contribution in [3.63, 3.8) is 0 Å². The lowest BCUT2D eigenvalue weighted by Gasteiger charge is -2.36. The molecule has 4 heteroatoms. The molecule has 24 heavy (non-hydrogen) atoms. The van der Waals surface area contributed by atoms with Gasteiger partial charge >= 0.3 is 0 Å². The molecule has 0 bridgehead atoms. The third-order valence-corrected chi connectivity index (χ3v) is 6.55. The van der Waals surface area contributed by atoms with Crippen LogP contribution in [0.15, 0.2) is 22.7 Å². The van der Waals surface area contributed by atoms with Crippen LogP contribution in [0.5, 0.6) is 0 Å². The summed E-state index contributed by atoms with van der Waals surface area (Å²) in [6, 6.07) is 6.30. The van der Waals surface area contributed by atoms with Crippen LogP contribution in [0.25, 0.3) is 0 Å². The number of ketones is 1. The summed E-state index contributed by atoms with van der Waals surface area (Å²) >= 11 is 3.55. The van der Waals surface area contributed by atoms with E-state index in [1.807, 2.05) is 19.9 Å². The lowest BCUT2D eigenvalue weighted by Crippen LogP contribution is -2.47. The van der Waals surface area contributed by atoms with Gasteiger partial charge in [-0.3, -0.25) is 4.79 Å². The van der Waals surface area contributed by atoms with Gasteiger partial charge in [-0.25, -0.2) is 0 Å². The van der Waals surface area contributed by atoms with E-state index in [1.165, 1.54) is 12.0 Å². The lowest BCUT2D eigenvalue weighted by molar-refractivity contribution is -0.137. The van der Waals surface area contributed by atoms with Crippen LogP contribution in [-0.2, 0) is 20.7 Å². The molecule has 0 amide bonds. The first-order valence-electron chi connectivity index (χ1n) is 9.07. The average molecular weight is 393 g/mol. The van der Waals surface area contributed by atoms with Gasteiger partial charge in [0.05, 0.1) is 0 Å². The number of Topliss-reactive ketones (excluding diaryl/α,β-unsaturated/α-hetero) is 1. The molecule has 3 fully saturated rings. The molecular weight excluding hydrogens is 368 g/mol. The van der Waals surface area contributed by atoms with Crippen LogP contribution in [-0.4, -0.2) is 22.6 Å². The number of benzene rings is 1. The second kappa shape index (κ2) is 5.39. The fourth-order valence-corrected chi connectivity index (χ4v) is 5.36. The van der Waals surface area contributed by atoms with E-state index in [0.717, 1.165) is 42.1 Å². The van der Waals surface area contributed by atoms with E-state index in [1.54, 1.807) is 0 Å². The van der Waals surface area contributed by atoms with Crippen LogP contribution in [0.3, 0.4) is 0 Å². The van der Waals surface area contributed by atoms with E-state index in [0.29, 0.717) is 0 Å². The van der Waals surface area contributed by atoms with Gasteiger partial charge in [0.1, 0.15) is 17.3 Å². The molecule has 2 heterocycles. The number of hydrogen-bond acceptors (Lipinski definition) is 3. The Balaban J connectivity index is 1.78. The van der Waals surface area contributed by atoms with Crippen LogP contribution in [0, 0.1) is 0 Å². The van der Waals surface area contributed by atoms with Crippen molar-refractivity contribution in [2.24, 2.45) is 0 Å². The van der Waals surface area contributed by atoms with E-state index in [2.05, 4.69) is 35.0 Å². The van der Waals surface area contributed by atoms with Crippen LogP contribution in [0.1, 0.15) is 70.1 Å². The summed E-state index contributed by atoms with van der Waals surface area (Å²) in [4.78, 5) is 13.3. The minimum Gasteiger partial charge on any atom is -0.358 e. The maximum atomic E-state index is 13.3. The molecule has 1 aromatic rings. The number of carbonyl (C=O) groups excluding carboxylic acids is 1. The highest BCUT2D eigenvalue weighted by Gasteiger charge is 2.81. The Labute approximate surface area is 152 Å². The van der Waals surface area contributed by atoms with E-state index >= 15 is 0 Å². The summed E-state index contributed by atoms with van der Waals surface area (Å²) in [5.74, 6) is 0.131. The number of aryl methyl sites for hydroxylation is 1. The second-order valence-corrected chi connectivity index (χ2v) is 8.84. The van der Waals surface area contributed by atoms with E-state index in [4.69, 9.17) is 9.47 Å². The number of fused-ring (bicyclic) bond motifs is 1. The van der Waals surface area contributed by atoms with Crippen molar-refractivity contribution in [1.82, 2.24) is 0 Å². The number of ether oxygens (including phenoxy) is 2. The molecule has 4 rings (SSSR count). The van der Waals surface area contributed by atoms with Gasteiger partial charge in [-0.05, 0) is 56.4 Å². The van der Waals surface area contributed by atoms with Crippen LogP contribution < -0.4 is 0 Å². The predicted molar refractivity (Wildman–Crippen MR) is 96.1 cm³/mol. The topological polar surface area (TPSA) is 38.8 Å². The molecule has 2 aliphatic heterocycles. The van der Waals surface area contributed by atoms with Crippen LogP contribution in [0.4, 0.5) is 0 Å². The predicted octanol–water partition coefficient (Wildman–Crippen LogP) is 4.90. The molecule has 1 aliphatic carbocycles. The average Bonchev–Trinajstić information content (AvgIpc) is 3.28. The normalized spacial score (nSPS) is 33.3. The van der Waals surface area contributed by atoms with Crippen molar-refractivity contribution in [2.75, 3.05) is 0 Å². The first-order valence-corrected chi connectivity index (χ1v) is 9.87. The van der Waals surface area contributed by atoms with Gasteiger partial charge in [0.2, 0.25) is 5.78 Å². The molecule has 2 atom stereocenters. The molecule has 130 valence electrons. The largest absolute Gasteiger partial charge is 0.358 e. The van der Waals surface area contributed by atoms with Crippen molar-refractivity contribution in [1.29, 1.82) is 0 Å². The fourth-order valence-electron chi connectivity index (χ4n) is 4.95. The molecule has 1 aromatic carbocycles. The van der Waals surface area contributed by atoms with Gasteiger partial charge in [0.15, 0.2) is 5.60 Å². The molecule has 3 nitrogen and oxygen atoms in total. The smallest absolute Gasteiger partial charge is 0.201 e. The maximum absolute atomic E-state index is 13.3. The summed E-state index contributed by atoms with van der Waals surface area (Å²) in [6.45, 7) is 5.95. The number of hydrogen-bond donors (Lipinski definition) is 0. The highest BCUT2D eigenvalue weighted by Crippen LogP contribution is 2.67. The molecule has 2 saturated heterocycles. The zero-order valence-corrected chi connectivity index (χ0v) is 16.2. The molecule has 0 N–H and O–H groups in total. The van der Waals surface area contributed by atoms with E-state index in [9.17, 15) is 4.79 Å². The third kappa shape index (κ3) is 2.12. The Bertz CT molecular complexity index is 690. The lowest BCUT2D eigenvalue weighted by atomic mass is 9.71. The van der Waals surface area contributed by atoms with Crippen molar-refractivity contribution in [3.05, 3.63) is 33.8 Å². The quantitative estimate of drug-likeness (QED) is 0.671. The van der Waals surface area contributed by atoms with Crippen molar-refractivity contribution in [3.8, 4) is 0 Å². The summed E-state index contributed by atoms with van der Waals surface area (Å²) in [6.07, 6.45) is 6.07. The first-order chi connectivity index (χ1) is 11.4. The Hall–Kier alpha value is -0.710. The minimum absolute atomic E-state index is 0.131. The number of halogens is 1. The van der Waals surface area contributed by atoms with Gasteiger partial charge < -0.3 is 9.47 Å². The van der Waals surface area contributed by atoms with Crippen LogP contribution >= 0.6 is 15.9 Å². The molecule has 3 aliphatic rings. The van der Waals surface area contributed by atoms with Gasteiger partial charge in [-0.2, -0.15) is 0 Å². The highest BCUT2D eigenvalue weighted by atomic mass is 79.9. The standard InChI is InChI=1S/C20H25BrO3/c1-4-13-12-14(21)8-9-15(13)16-20(23-16)17(22)18(2,3)24-19(20)10-6-5-7-11-19/h8-9,12,16H,4-7,10-11H2,1-3H3/t16?,20-/m0/s1. The van der Waals surface area contributed by atoms with Crippen LogP contribution in [0.2, 0.25) is 0 Å². The second-order valence-electron chi connectivity index (χ2n) is 7.93. The monoisotopic (exact) mass is 392 g/mol. The molecule has 0 radical (unpaired) electrons. The number of carbonyl (C=O) groups is 1. The van der Waals surface area contributed by atoms with E-state index in [-0.39, 0.29) is 11.9 Å². The molecule has 1 saturated carbocycles. The minimum atomic E-state index is -0.769. The Morgan fingerprint density at radius 2 is 1.92 bits per heavy atom. The van der Waals surface area contributed by atoms with Gasteiger partial charge in [-0.1, -0.05) is 48.2 Å². The van der Waals surface area contributed by atoms with Crippen molar-refractivity contribution in [2.45, 2.75) is 82.2 Å². The van der Waals surface area contributed by atoms with Crippen molar-refractivity contribution >= 4 is 21.7 Å². The Kier molecular flexibility index (Phi) is 3.76. The fraction of sp³-hybridized carbons (Fsp3) is 0.650. The van der Waals surface area contributed by atoms with Gasteiger partial charge in [-0.15, -0.1) is 0 Å². The summed E-state index contributed by atoms with van der Waals surface area (Å²) < 4.78 is 13.8. The highest BCUT2D eigenvalue weighted by molar-refractivity contribution is 9.10. The van der Waals surface area contributed by atoms with Gasteiger partial charge in [0.25, 0.3) is 0 Å². The zero-order chi connectivity index (χ0) is 17.2. The molecule has 2 spiro atoms. The van der Waals surface area contributed by atoms with Gasteiger partial charge in [0, 0.05) is 4.47 Å². The summed E-state index contributed by atoms with van der Waals surface area (Å²) in [5.41, 5.74) is 0.437. The summed E-state index contributed by atoms with van der Waals surface area (Å²) in [5, 5.41) is 0. The number of rotatable bonds is 2. The van der Waals surface area contributed by atoms with E-state index < -0.39 is 16.8 Å². The first kappa shape index (κ1) is 16.7. The third-order valence-electron chi connectivity index (χ3n) is 6.06. The molecule has 1 unspecified atom stereocenters.